The first-order valence-electron chi connectivity index (χ1n) is 10.2. The van der Waals surface area contributed by atoms with Gasteiger partial charge < -0.3 is 24.2 Å². The molecule has 0 aliphatic carbocycles. The molecule has 2 aliphatic heterocycles. The van der Waals surface area contributed by atoms with Crippen LogP contribution in [-0.2, 0) is 22.6 Å². The number of rotatable bonds is 7. The van der Waals surface area contributed by atoms with Crippen LogP contribution in [0.2, 0.25) is 0 Å². The highest BCUT2D eigenvalue weighted by Crippen LogP contribution is 2.40. The summed E-state index contributed by atoms with van der Waals surface area (Å²) in [6.45, 7) is 5.35. The first kappa shape index (κ1) is 20.6. The summed E-state index contributed by atoms with van der Waals surface area (Å²) in [5.74, 6) is 0.931. The second kappa shape index (κ2) is 8.60. The first-order valence-corrected chi connectivity index (χ1v) is 10.2. The third-order valence-corrected chi connectivity index (χ3v) is 5.18. The second-order valence-electron chi connectivity index (χ2n) is 7.81. The number of carboxylic acid groups (broad SMARTS) is 1. The van der Waals surface area contributed by atoms with Crippen molar-refractivity contribution in [3.8, 4) is 17.6 Å². The normalized spacial score (nSPS) is 14.6. The predicted octanol–water partition coefficient (Wildman–Crippen LogP) is 4.00. The summed E-state index contributed by atoms with van der Waals surface area (Å²) in [4.78, 5) is 13.3. The Hall–Kier alpha value is -3.66. The minimum atomic E-state index is -0.897. The number of hydrogen-bond acceptors (Lipinski definition) is 6. The van der Waals surface area contributed by atoms with E-state index in [1.165, 1.54) is 0 Å². The Balaban J connectivity index is 1.48. The Kier molecular flexibility index (Phi) is 5.72. The second-order valence-corrected chi connectivity index (χ2v) is 7.81. The minimum Gasteiger partial charge on any atom is -0.494 e. The van der Waals surface area contributed by atoms with Gasteiger partial charge in [0.1, 0.15) is 43.0 Å². The monoisotopic (exact) mass is 420 g/mol. The summed E-state index contributed by atoms with van der Waals surface area (Å²) in [7, 11) is 0. The van der Waals surface area contributed by atoms with E-state index in [9.17, 15) is 10.1 Å². The molecule has 2 heterocycles. The van der Waals surface area contributed by atoms with Crippen LogP contribution < -0.4 is 14.4 Å². The molecule has 0 fully saturated rings. The van der Waals surface area contributed by atoms with E-state index in [4.69, 9.17) is 19.3 Å². The van der Waals surface area contributed by atoms with Gasteiger partial charge in [-0.25, -0.2) is 0 Å². The zero-order valence-electron chi connectivity index (χ0n) is 17.6. The standard InChI is InChI=1S/C24H24N2O5/c1-15(2)31-22-6-3-16(9-18(22)13-25)14-30-19-4-5-20-17(10-19)11-21-23(12-24(27)28)29-8-7-26(20)21/h3-6,9-10,15H,7-8,11-12,14H2,1-2H3,(H,27,28). The van der Waals surface area contributed by atoms with Crippen LogP contribution in [0.1, 0.15) is 37.0 Å². The van der Waals surface area contributed by atoms with Crippen LogP contribution in [-0.4, -0.2) is 30.3 Å². The van der Waals surface area contributed by atoms with E-state index >= 15 is 0 Å². The number of allylic oxidation sites excluding steroid dienone is 1. The van der Waals surface area contributed by atoms with Crippen LogP contribution >= 0.6 is 0 Å². The maximum absolute atomic E-state index is 11.1. The molecule has 2 aromatic rings. The van der Waals surface area contributed by atoms with Crippen molar-refractivity contribution in [3.63, 3.8) is 0 Å². The van der Waals surface area contributed by atoms with Gasteiger partial charge in [0.05, 0.1) is 23.9 Å². The van der Waals surface area contributed by atoms with Crippen molar-refractivity contribution >= 4 is 11.7 Å². The highest BCUT2D eigenvalue weighted by Gasteiger charge is 2.31. The number of carbonyl (C=O) groups is 1. The first-order chi connectivity index (χ1) is 14.9. The van der Waals surface area contributed by atoms with Crippen molar-refractivity contribution in [1.82, 2.24) is 0 Å². The number of benzene rings is 2. The van der Waals surface area contributed by atoms with E-state index in [-0.39, 0.29) is 12.5 Å². The fourth-order valence-corrected chi connectivity index (χ4v) is 3.89. The highest BCUT2D eigenvalue weighted by atomic mass is 16.5. The lowest BCUT2D eigenvalue weighted by Crippen LogP contribution is -2.30. The number of ether oxygens (including phenoxy) is 3. The van der Waals surface area contributed by atoms with Gasteiger partial charge in [-0.2, -0.15) is 5.26 Å². The highest BCUT2D eigenvalue weighted by molar-refractivity contribution is 5.73. The summed E-state index contributed by atoms with van der Waals surface area (Å²) in [5.41, 5.74) is 4.43. The molecule has 0 amide bonds. The molecular formula is C24H24N2O5. The molecular weight excluding hydrogens is 396 g/mol. The molecule has 0 spiro atoms. The summed E-state index contributed by atoms with van der Waals surface area (Å²) in [6.07, 6.45) is 0.507. The Morgan fingerprint density at radius 2 is 2.13 bits per heavy atom. The van der Waals surface area contributed by atoms with Crippen molar-refractivity contribution in [1.29, 1.82) is 5.26 Å². The molecule has 160 valence electrons. The smallest absolute Gasteiger partial charge is 0.311 e. The summed E-state index contributed by atoms with van der Waals surface area (Å²) in [5, 5.41) is 18.5. The van der Waals surface area contributed by atoms with Crippen LogP contribution in [0, 0.1) is 11.3 Å². The molecule has 7 heteroatoms. The van der Waals surface area contributed by atoms with Gasteiger partial charge in [-0.05, 0) is 55.3 Å². The van der Waals surface area contributed by atoms with E-state index < -0.39 is 5.97 Å². The summed E-state index contributed by atoms with van der Waals surface area (Å²) < 4.78 is 17.3. The van der Waals surface area contributed by atoms with Gasteiger partial charge in [-0.1, -0.05) is 6.07 Å². The van der Waals surface area contributed by atoms with Crippen molar-refractivity contribution < 1.29 is 24.1 Å². The largest absolute Gasteiger partial charge is 0.494 e. The van der Waals surface area contributed by atoms with Crippen LogP contribution in [0.15, 0.2) is 47.9 Å². The lowest BCUT2D eigenvalue weighted by molar-refractivity contribution is -0.137. The van der Waals surface area contributed by atoms with Crippen LogP contribution in [0.4, 0.5) is 5.69 Å². The van der Waals surface area contributed by atoms with Crippen LogP contribution in [0.3, 0.4) is 0 Å². The zero-order chi connectivity index (χ0) is 22.0. The number of anilines is 1. The van der Waals surface area contributed by atoms with E-state index in [0.717, 1.165) is 28.3 Å². The molecule has 0 unspecified atom stereocenters. The van der Waals surface area contributed by atoms with Gasteiger partial charge in [-0.3, -0.25) is 4.79 Å². The molecule has 2 aromatic carbocycles. The predicted molar refractivity (Wildman–Crippen MR) is 114 cm³/mol. The van der Waals surface area contributed by atoms with Crippen molar-refractivity contribution in [3.05, 3.63) is 64.5 Å². The number of hydrogen-bond donors (Lipinski definition) is 1. The summed E-state index contributed by atoms with van der Waals surface area (Å²) >= 11 is 0. The molecule has 7 nitrogen and oxygen atoms in total. The fraction of sp³-hybridized carbons (Fsp3) is 0.333. The quantitative estimate of drug-likeness (QED) is 0.724. The van der Waals surface area contributed by atoms with E-state index in [1.807, 2.05) is 38.1 Å². The van der Waals surface area contributed by atoms with E-state index in [0.29, 0.717) is 43.3 Å². The maximum atomic E-state index is 11.1. The molecule has 0 saturated carbocycles. The summed E-state index contributed by atoms with van der Waals surface area (Å²) in [6, 6.07) is 13.6. The molecule has 0 bridgehead atoms. The lowest BCUT2D eigenvalue weighted by Gasteiger charge is -2.28. The van der Waals surface area contributed by atoms with Crippen molar-refractivity contribution in [2.75, 3.05) is 18.1 Å². The maximum Gasteiger partial charge on any atom is 0.311 e. The van der Waals surface area contributed by atoms with Gasteiger partial charge in [-0.15, -0.1) is 0 Å². The Morgan fingerprint density at radius 1 is 1.29 bits per heavy atom. The average molecular weight is 420 g/mol. The number of nitrogens with zero attached hydrogens (tertiary/aromatic N) is 2. The Morgan fingerprint density at radius 3 is 2.87 bits per heavy atom. The van der Waals surface area contributed by atoms with Crippen molar-refractivity contribution in [2.24, 2.45) is 0 Å². The van der Waals surface area contributed by atoms with E-state index in [1.54, 1.807) is 12.1 Å². The Labute approximate surface area is 181 Å². The van der Waals surface area contributed by atoms with Crippen molar-refractivity contribution in [2.45, 2.75) is 39.4 Å². The van der Waals surface area contributed by atoms with Gasteiger partial charge in [0.15, 0.2) is 0 Å². The molecule has 1 N–H and O–H groups in total. The number of carboxylic acids is 1. The topological polar surface area (TPSA) is 92.0 Å². The third-order valence-electron chi connectivity index (χ3n) is 5.18. The molecule has 0 atom stereocenters. The van der Waals surface area contributed by atoms with Gasteiger partial charge in [0.2, 0.25) is 0 Å². The molecule has 0 radical (unpaired) electrons. The zero-order valence-corrected chi connectivity index (χ0v) is 17.6. The molecule has 4 rings (SSSR count). The van der Waals surface area contributed by atoms with E-state index in [2.05, 4.69) is 11.0 Å². The number of aliphatic carboxylic acids is 1. The lowest BCUT2D eigenvalue weighted by atomic mass is 10.1. The minimum absolute atomic E-state index is 0.00317. The third kappa shape index (κ3) is 4.43. The van der Waals surface area contributed by atoms with Gasteiger partial charge in [0.25, 0.3) is 0 Å². The number of fused-ring (bicyclic) bond motifs is 3. The van der Waals surface area contributed by atoms with Gasteiger partial charge in [0, 0.05) is 12.1 Å². The molecule has 0 aromatic heterocycles. The Bertz CT molecular complexity index is 1080. The van der Waals surface area contributed by atoms with Crippen LogP contribution in [0.25, 0.3) is 0 Å². The van der Waals surface area contributed by atoms with Gasteiger partial charge >= 0.3 is 5.97 Å². The molecule has 2 aliphatic rings. The molecule has 31 heavy (non-hydrogen) atoms. The average Bonchev–Trinajstić information content (AvgIpc) is 3.11. The molecule has 0 saturated heterocycles. The SMILES string of the molecule is CC(C)Oc1ccc(COc2ccc3c(c2)CC2=C(CC(=O)O)OCCN23)cc1C#N. The fourth-order valence-electron chi connectivity index (χ4n) is 3.89. The number of nitriles is 1. The van der Waals surface area contributed by atoms with Crippen LogP contribution in [0.5, 0.6) is 11.5 Å².